The van der Waals surface area contributed by atoms with Crippen molar-refractivity contribution >= 4 is 34.9 Å². The van der Waals surface area contributed by atoms with Gasteiger partial charge in [0.05, 0.1) is 13.0 Å². The number of halogens is 1. The van der Waals surface area contributed by atoms with Crippen molar-refractivity contribution in [3.63, 3.8) is 0 Å². The summed E-state index contributed by atoms with van der Waals surface area (Å²) in [5.74, 6) is -0.435. The average Bonchev–Trinajstić information content (AvgIpc) is 3.01. The first-order valence-corrected chi connectivity index (χ1v) is 16.3. The molecule has 1 N–H and O–H groups in total. The van der Waals surface area contributed by atoms with Crippen molar-refractivity contribution in [2.45, 2.75) is 102 Å². The van der Waals surface area contributed by atoms with Crippen LogP contribution in [0.15, 0.2) is 59.9 Å². The molecule has 0 aromatic heterocycles. The molecule has 0 amide bonds. The summed E-state index contributed by atoms with van der Waals surface area (Å²) in [4.78, 5) is 49.4. The molecule has 0 saturated heterocycles. The molecular weight excluding hydrogens is 564 g/mol. The van der Waals surface area contributed by atoms with Gasteiger partial charge in [0.1, 0.15) is 5.78 Å². The van der Waals surface area contributed by atoms with Crippen LogP contribution >= 0.6 is 11.6 Å². The molecule has 230 valence electrons. The van der Waals surface area contributed by atoms with E-state index in [0.29, 0.717) is 35.6 Å². The van der Waals surface area contributed by atoms with Gasteiger partial charge >= 0.3 is 5.97 Å². The highest BCUT2D eigenvalue weighted by Gasteiger charge is 2.38. The SMILES string of the molecule is O=C(O)CCC(=O)CCCCCCCCCCOC1=C(C2CCC(c3ccc(Cl)cc3)CC2)C(=O)c2ccccc2C1=O. The highest BCUT2D eigenvalue weighted by molar-refractivity contribution is 6.30. The summed E-state index contributed by atoms with van der Waals surface area (Å²) in [6.45, 7) is 0.415. The van der Waals surface area contributed by atoms with E-state index in [9.17, 15) is 19.2 Å². The first kappa shape index (κ1) is 32.7. The molecule has 0 aliphatic heterocycles. The second kappa shape index (κ2) is 16.6. The Bertz CT molecular complexity index is 1300. The van der Waals surface area contributed by atoms with Crippen molar-refractivity contribution in [1.29, 1.82) is 0 Å². The van der Waals surface area contributed by atoms with Gasteiger partial charge in [-0.15, -0.1) is 0 Å². The van der Waals surface area contributed by atoms with E-state index in [1.54, 1.807) is 18.2 Å². The molecule has 1 saturated carbocycles. The van der Waals surface area contributed by atoms with Crippen molar-refractivity contribution in [2.24, 2.45) is 5.92 Å². The number of fused-ring (bicyclic) bond motifs is 1. The Kier molecular flexibility index (Phi) is 12.6. The van der Waals surface area contributed by atoms with Gasteiger partial charge in [-0.1, -0.05) is 86.5 Å². The molecule has 7 heteroatoms. The number of allylic oxidation sites excluding steroid dienone is 2. The van der Waals surface area contributed by atoms with Gasteiger partial charge in [-0.3, -0.25) is 19.2 Å². The predicted molar refractivity (Wildman–Crippen MR) is 168 cm³/mol. The summed E-state index contributed by atoms with van der Waals surface area (Å²) in [6.07, 6.45) is 12.1. The number of aliphatic carboxylic acids is 1. The quantitative estimate of drug-likeness (QED) is 0.181. The first-order chi connectivity index (χ1) is 20.8. The van der Waals surface area contributed by atoms with Crippen LogP contribution in [0.2, 0.25) is 5.02 Å². The number of hydrogen-bond acceptors (Lipinski definition) is 5. The number of carbonyl (C=O) groups excluding carboxylic acids is 3. The van der Waals surface area contributed by atoms with E-state index in [0.717, 1.165) is 82.1 Å². The minimum atomic E-state index is -0.923. The van der Waals surface area contributed by atoms with Crippen molar-refractivity contribution < 1.29 is 29.0 Å². The number of ether oxygens (including phenoxy) is 1. The van der Waals surface area contributed by atoms with Gasteiger partial charge in [-0.25, -0.2) is 0 Å². The van der Waals surface area contributed by atoms with Gasteiger partial charge in [0.2, 0.25) is 5.78 Å². The van der Waals surface area contributed by atoms with E-state index in [2.05, 4.69) is 12.1 Å². The fourth-order valence-electron chi connectivity index (χ4n) is 6.37. The second-order valence-electron chi connectivity index (χ2n) is 11.9. The van der Waals surface area contributed by atoms with Crippen LogP contribution in [0.25, 0.3) is 0 Å². The molecular formula is C36H43ClO6. The van der Waals surface area contributed by atoms with Crippen LogP contribution in [0.3, 0.4) is 0 Å². The van der Waals surface area contributed by atoms with Gasteiger partial charge in [0.25, 0.3) is 0 Å². The Morgan fingerprint density at radius 1 is 0.698 bits per heavy atom. The number of ketones is 3. The fourth-order valence-corrected chi connectivity index (χ4v) is 6.49. The lowest BCUT2D eigenvalue weighted by molar-refractivity contribution is -0.138. The number of rotatable bonds is 17. The van der Waals surface area contributed by atoms with Gasteiger partial charge in [-0.2, -0.15) is 0 Å². The summed E-state index contributed by atoms with van der Waals surface area (Å²) in [6, 6.07) is 15.1. The van der Waals surface area contributed by atoms with E-state index in [-0.39, 0.29) is 41.9 Å². The van der Waals surface area contributed by atoms with Crippen LogP contribution in [-0.4, -0.2) is 35.0 Å². The lowest BCUT2D eigenvalue weighted by atomic mass is 9.72. The Labute approximate surface area is 259 Å². The molecule has 2 aliphatic rings. The van der Waals surface area contributed by atoms with E-state index in [1.165, 1.54) is 5.56 Å². The van der Waals surface area contributed by atoms with E-state index in [4.69, 9.17) is 21.4 Å². The molecule has 2 aliphatic carbocycles. The van der Waals surface area contributed by atoms with Crippen LogP contribution in [0.5, 0.6) is 0 Å². The largest absolute Gasteiger partial charge is 0.489 e. The van der Waals surface area contributed by atoms with Crippen molar-refractivity contribution in [3.8, 4) is 0 Å². The standard InChI is InChI=1S/C36H43ClO6/c37-28-20-18-26(19-21-28)25-14-16-27(17-15-25)33-34(41)30-12-8-9-13-31(30)35(42)36(33)43-24-10-6-4-2-1-3-5-7-11-29(38)22-23-32(39)40/h8-9,12-13,18-21,25,27H,1-7,10-11,14-17,22-24H2,(H,39,40). The molecule has 43 heavy (non-hydrogen) atoms. The molecule has 2 aromatic rings. The van der Waals surface area contributed by atoms with Crippen LogP contribution in [0, 0.1) is 5.92 Å². The number of carboxylic acids is 1. The number of carbonyl (C=O) groups is 4. The number of hydrogen-bond donors (Lipinski definition) is 1. The summed E-state index contributed by atoms with van der Waals surface area (Å²) < 4.78 is 6.16. The average molecular weight is 607 g/mol. The van der Waals surface area contributed by atoms with Gasteiger partial charge in [0, 0.05) is 34.6 Å². The Morgan fingerprint density at radius 3 is 1.88 bits per heavy atom. The minimum Gasteiger partial charge on any atom is -0.489 e. The van der Waals surface area contributed by atoms with Crippen LogP contribution in [-0.2, 0) is 14.3 Å². The third-order valence-electron chi connectivity index (χ3n) is 8.80. The Balaban J connectivity index is 1.23. The van der Waals surface area contributed by atoms with Crippen LogP contribution in [0.1, 0.15) is 129 Å². The zero-order chi connectivity index (χ0) is 30.6. The maximum Gasteiger partial charge on any atom is 0.303 e. The minimum absolute atomic E-state index is 0.0100. The molecule has 1 fully saturated rings. The van der Waals surface area contributed by atoms with E-state index in [1.807, 2.05) is 18.2 Å². The lowest BCUT2D eigenvalue weighted by Crippen LogP contribution is -2.29. The molecule has 0 heterocycles. The van der Waals surface area contributed by atoms with Gasteiger partial charge in [0.15, 0.2) is 11.5 Å². The third-order valence-corrected chi connectivity index (χ3v) is 9.05. The summed E-state index contributed by atoms with van der Waals surface area (Å²) in [5.41, 5.74) is 2.76. The summed E-state index contributed by atoms with van der Waals surface area (Å²) >= 11 is 6.07. The number of carboxylic acid groups (broad SMARTS) is 1. The number of Topliss-reactive ketones (excluding diaryl/α,β-unsaturated/α-hetero) is 3. The smallest absolute Gasteiger partial charge is 0.303 e. The van der Waals surface area contributed by atoms with Crippen LogP contribution in [0.4, 0.5) is 0 Å². The van der Waals surface area contributed by atoms with Crippen molar-refractivity contribution in [2.75, 3.05) is 6.61 Å². The normalized spacial score (nSPS) is 18.4. The Morgan fingerprint density at radius 2 is 1.26 bits per heavy atom. The van der Waals surface area contributed by atoms with Gasteiger partial charge < -0.3 is 9.84 Å². The summed E-state index contributed by atoms with van der Waals surface area (Å²) in [5, 5.41) is 9.38. The van der Waals surface area contributed by atoms with Gasteiger partial charge in [-0.05, 0) is 68.1 Å². The molecule has 0 radical (unpaired) electrons. The molecule has 0 unspecified atom stereocenters. The zero-order valence-corrected chi connectivity index (χ0v) is 25.7. The predicted octanol–water partition coefficient (Wildman–Crippen LogP) is 8.91. The number of benzene rings is 2. The molecule has 2 aromatic carbocycles. The highest BCUT2D eigenvalue weighted by atomic mass is 35.5. The fraction of sp³-hybridized carbons (Fsp3) is 0.500. The van der Waals surface area contributed by atoms with Crippen molar-refractivity contribution in [1.82, 2.24) is 0 Å². The van der Waals surface area contributed by atoms with E-state index >= 15 is 0 Å². The van der Waals surface area contributed by atoms with Crippen LogP contribution < -0.4 is 0 Å². The maximum absolute atomic E-state index is 13.7. The zero-order valence-electron chi connectivity index (χ0n) is 25.0. The molecule has 0 atom stereocenters. The summed E-state index contributed by atoms with van der Waals surface area (Å²) in [7, 11) is 0. The highest BCUT2D eigenvalue weighted by Crippen LogP contribution is 2.42. The molecule has 6 nitrogen and oxygen atoms in total. The molecule has 4 rings (SSSR count). The monoisotopic (exact) mass is 606 g/mol. The lowest BCUT2D eigenvalue weighted by Gasteiger charge is -2.32. The third kappa shape index (κ3) is 9.37. The number of unbranched alkanes of at least 4 members (excludes halogenated alkanes) is 7. The second-order valence-corrected chi connectivity index (χ2v) is 12.3. The topological polar surface area (TPSA) is 97.7 Å². The van der Waals surface area contributed by atoms with E-state index < -0.39 is 5.97 Å². The Hall–Kier alpha value is -3.25. The van der Waals surface area contributed by atoms with Crippen molar-refractivity contribution in [3.05, 3.63) is 81.6 Å². The maximum atomic E-state index is 13.7. The first-order valence-electron chi connectivity index (χ1n) is 15.9. The molecule has 0 spiro atoms. The molecule has 0 bridgehead atoms.